The fourth-order valence-electron chi connectivity index (χ4n) is 2.05. The predicted molar refractivity (Wildman–Crippen MR) is 54.8 cm³/mol. The molecule has 0 aromatic carbocycles. The third kappa shape index (κ3) is 1.74. The molecule has 0 radical (unpaired) electrons. The van der Waals surface area contributed by atoms with Crippen LogP contribution in [0.15, 0.2) is 12.3 Å². The first-order valence-electron chi connectivity index (χ1n) is 5.01. The van der Waals surface area contributed by atoms with Crippen molar-refractivity contribution in [3.8, 4) is 0 Å². The normalized spacial score (nSPS) is 19.6. The zero-order valence-corrected chi connectivity index (χ0v) is 8.72. The zero-order chi connectivity index (χ0) is 9.47. The van der Waals surface area contributed by atoms with Crippen molar-refractivity contribution in [1.29, 1.82) is 0 Å². The molecule has 0 spiro atoms. The first-order valence-corrected chi connectivity index (χ1v) is 5.01. The second-order valence-electron chi connectivity index (χ2n) is 4.96. The van der Waals surface area contributed by atoms with E-state index in [-0.39, 0.29) is 0 Å². The maximum atomic E-state index is 4.51. The summed E-state index contributed by atoms with van der Waals surface area (Å²) < 4.78 is 0. The van der Waals surface area contributed by atoms with Crippen molar-refractivity contribution in [1.82, 2.24) is 4.98 Å². The lowest BCUT2D eigenvalue weighted by molar-refractivity contribution is 0.310. The van der Waals surface area contributed by atoms with Crippen LogP contribution in [-0.4, -0.2) is 4.98 Å². The van der Waals surface area contributed by atoms with E-state index in [2.05, 4.69) is 31.8 Å². The van der Waals surface area contributed by atoms with Crippen molar-refractivity contribution in [2.45, 2.75) is 40.0 Å². The van der Waals surface area contributed by atoms with E-state index in [1.165, 1.54) is 29.7 Å². The van der Waals surface area contributed by atoms with Crippen LogP contribution in [0.3, 0.4) is 0 Å². The van der Waals surface area contributed by atoms with Gasteiger partial charge < -0.3 is 0 Å². The van der Waals surface area contributed by atoms with Gasteiger partial charge in [-0.15, -0.1) is 0 Å². The van der Waals surface area contributed by atoms with Gasteiger partial charge in [-0.05, 0) is 42.7 Å². The molecule has 0 fully saturated rings. The summed E-state index contributed by atoms with van der Waals surface area (Å²) in [6.07, 6.45) is 5.63. The smallest absolute Gasteiger partial charge is 0.0441 e. The van der Waals surface area contributed by atoms with E-state index in [1.54, 1.807) is 0 Å². The van der Waals surface area contributed by atoms with E-state index in [9.17, 15) is 0 Å². The summed E-state index contributed by atoms with van der Waals surface area (Å²) in [5.74, 6) is 0. The Hall–Kier alpha value is -0.850. The standard InChI is InChI=1S/C12H17N/c1-9-6-10-4-5-12(2,3)7-11(10)13-8-9/h6,8H,4-5,7H2,1-3H3. The molecule has 1 aromatic heterocycles. The minimum Gasteiger partial charge on any atom is -0.261 e. The SMILES string of the molecule is Cc1cnc2c(c1)CCC(C)(C)C2. The molecule has 1 aliphatic rings. The summed E-state index contributed by atoms with van der Waals surface area (Å²) in [7, 11) is 0. The van der Waals surface area contributed by atoms with Crippen LogP contribution in [0.25, 0.3) is 0 Å². The van der Waals surface area contributed by atoms with Crippen LogP contribution < -0.4 is 0 Å². The Balaban J connectivity index is 2.37. The number of rotatable bonds is 0. The number of aromatic nitrogens is 1. The minimum atomic E-state index is 0.454. The lowest BCUT2D eigenvalue weighted by Crippen LogP contribution is -2.23. The highest BCUT2D eigenvalue weighted by molar-refractivity contribution is 5.27. The van der Waals surface area contributed by atoms with Crippen LogP contribution >= 0.6 is 0 Å². The van der Waals surface area contributed by atoms with Crippen LogP contribution in [-0.2, 0) is 12.8 Å². The van der Waals surface area contributed by atoms with E-state index >= 15 is 0 Å². The van der Waals surface area contributed by atoms with Crippen LogP contribution in [0.4, 0.5) is 0 Å². The van der Waals surface area contributed by atoms with Gasteiger partial charge in [0, 0.05) is 11.9 Å². The average molecular weight is 175 g/mol. The number of aryl methyl sites for hydroxylation is 2. The maximum Gasteiger partial charge on any atom is 0.0441 e. The van der Waals surface area contributed by atoms with Gasteiger partial charge in [-0.1, -0.05) is 19.9 Å². The molecular weight excluding hydrogens is 158 g/mol. The third-order valence-electron chi connectivity index (χ3n) is 2.91. The maximum absolute atomic E-state index is 4.51. The topological polar surface area (TPSA) is 12.9 Å². The molecule has 0 amide bonds. The van der Waals surface area contributed by atoms with Crippen LogP contribution in [0, 0.1) is 12.3 Å². The van der Waals surface area contributed by atoms with Gasteiger partial charge in [0.25, 0.3) is 0 Å². The van der Waals surface area contributed by atoms with Gasteiger partial charge in [-0.25, -0.2) is 0 Å². The van der Waals surface area contributed by atoms with Gasteiger partial charge in [-0.2, -0.15) is 0 Å². The first-order chi connectivity index (χ1) is 6.07. The summed E-state index contributed by atoms with van der Waals surface area (Å²) in [6.45, 7) is 6.78. The molecule has 0 atom stereocenters. The third-order valence-corrected chi connectivity index (χ3v) is 2.91. The number of hydrogen-bond acceptors (Lipinski definition) is 1. The molecule has 1 heteroatoms. The van der Waals surface area contributed by atoms with Crippen molar-refractivity contribution >= 4 is 0 Å². The monoisotopic (exact) mass is 175 g/mol. The Labute approximate surface area is 80.2 Å². The Morgan fingerprint density at radius 3 is 2.92 bits per heavy atom. The molecule has 0 unspecified atom stereocenters. The van der Waals surface area contributed by atoms with Gasteiger partial charge >= 0.3 is 0 Å². The quantitative estimate of drug-likeness (QED) is 0.591. The molecule has 0 bridgehead atoms. The number of nitrogens with zero attached hydrogens (tertiary/aromatic N) is 1. The van der Waals surface area contributed by atoms with Gasteiger partial charge in [0.2, 0.25) is 0 Å². The summed E-state index contributed by atoms with van der Waals surface area (Å²) in [6, 6.07) is 2.29. The van der Waals surface area contributed by atoms with E-state index in [1.807, 2.05) is 6.20 Å². The van der Waals surface area contributed by atoms with Crippen LogP contribution in [0.2, 0.25) is 0 Å². The summed E-state index contributed by atoms with van der Waals surface area (Å²) in [4.78, 5) is 4.51. The second kappa shape index (κ2) is 2.83. The predicted octanol–water partition coefficient (Wildman–Crippen LogP) is 2.90. The van der Waals surface area contributed by atoms with Crippen molar-refractivity contribution in [2.24, 2.45) is 5.41 Å². The van der Waals surface area contributed by atoms with E-state index in [0.717, 1.165) is 6.42 Å². The molecule has 0 saturated heterocycles. The van der Waals surface area contributed by atoms with Crippen molar-refractivity contribution in [2.75, 3.05) is 0 Å². The summed E-state index contributed by atoms with van der Waals surface area (Å²) >= 11 is 0. The number of pyridine rings is 1. The molecule has 0 saturated carbocycles. The molecule has 0 aliphatic heterocycles. The Bertz CT molecular complexity index is 326. The van der Waals surface area contributed by atoms with Crippen LogP contribution in [0.5, 0.6) is 0 Å². The molecule has 1 aromatic rings. The first kappa shape index (κ1) is 8.74. The molecule has 0 N–H and O–H groups in total. The highest BCUT2D eigenvalue weighted by Gasteiger charge is 2.25. The summed E-state index contributed by atoms with van der Waals surface area (Å²) in [5, 5.41) is 0. The number of hydrogen-bond donors (Lipinski definition) is 0. The minimum absolute atomic E-state index is 0.454. The van der Waals surface area contributed by atoms with E-state index in [4.69, 9.17) is 0 Å². The van der Waals surface area contributed by atoms with E-state index in [0.29, 0.717) is 5.41 Å². The van der Waals surface area contributed by atoms with Crippen molar-refractivity contribution in [3.63, 3.8) is 0 Å². The largest absolute Gasteiger partial charge is 0.261 e. The highest BCUT2D eigenvalue weighted by atomic mass is 14.7. The van der Waals surface area contributed by atoms with E-state index < -0.39 is 0 Å². The fraction of sp³-hybridized carbons (Fsp3) is 0.583. The molecule has 13 heavy (non-hydrogen) atoms. The van der Waals surface area contributed by atoms with Gasteiger partial charge in [-0.3, -0.25) is 4.98 Å². The molecule has 1 aliphatic carbocycles. The second-order valence-corrected chi connectivity index (χ2v) is 4.96. The zero-order valence-electron chi connectivity index (χ0n) is 8.72. The Morgan fingerprint density at radius 1 is 1.38 bits per heavy atom. The molecule has 70 valence electrons. The molecule has 2 rings (SSSR count). The summed E-state index contributed by atoms with van der Waals surface area (Å²) in [5.41, 5.74) is 4.54. The fourth-order valence-corrected chi connectivity index (χ4v) is 2.05. The Kier molecular flexibility index (Phi) is 1.90. The Morgan fingerprint density at radius 2 is 2.15 bits per heavy atom. The highest BCUT2D eigenvalue weighted by Crippen LogP contribution is 2.33. The molecular formula is C12H17N. The van der Waals surface area contributed by atoms with Gasteiger partial charge in [0.15, 0.2) is 0 Å². The average Bonchev–Trinajstić information content (AvgIpc) is 2.05. The van der Waals surface area contributed by atoms with Crippen LogP contribution in [0.1, 0.15) is 37.1 Å². The van der Waals surface area contributed by atoms with Gasteiger partial charge in [0.05, 0.1) is 0 Å². The number of fused-ring (bicyclic) bond motifs is 1. The lowest BCUT2D eigenvalue weighted by atomic mass is 9.76. The molecule has 1 nitrogen and oxygen atoms in total. The lowest BCUT2D eigenvalue weighted by Gasteiger charge is -2.30. The van der Waals surface area contributed by atoms with Crippen molar-refractivity contribution < 1.29 is 0 Å². The van der Waals surface area contributed by atoms with Gasteiger partial charge in [0.1, 0.15) is 0 Å². The van der Waals surface area contributed by atoms with Crippen molar-refractivity contribution in [3.05, 3.63) is 29.1 Å². The molecule has 1 heterocycles.